The van der Waals surface area contributed by atoms with E-state index in [9.17, 15) is 4.79 Å². The van der Waals surface area contributed by atoms with Crippen molar-refractivity contribution in [3.05, 3.63) is 53.2 Å². The van der Waals surface area contributed by atoms with Gasteiger partial charge in [0.25, 0.3) is 0 Å². The number of carbonyl (C=O) groups is 1. The number of fused-ring (bicyclic) bond motifs is 2. The highest BCUT2D eigenvalue weighted by Gasteiger charge is 2.50. The lowest BCUT2D eigenvalue weighted by molar-refractivity contribution is 0.0369. The third-order valence-corrected chi connectivity index (χ3v) is 8.51. The van der Waals surface area contributed by atoms with Crippen molar-refractivity contribution in [2.45, 2.75) is 44.1 Å². The maximum absolute atomic E-state index is 13.9. The monoisotopic (exact) mass is 519 g/mol. The molecule has 1 N–H and O–H groups in total. The molecule has 2 fully saturated rings. The molecule has 8 heteroatoms. The summed E-state index contributed by atoms with van der Waals surface area (Å²) in [5.41, 5.74) is 4.83. The lowest BCUT2D eigenvalue weighted by Crippen LogP contribution is -2.51. The van der Waals surface area contributed by atoms with Crippen molar-refractivity contribution >= 4 is 16.9 Å². The fourth-order valence-electron chi connectivity index (χ4n) is 6.29. The molecular formula is C30H37N3O5. The summed E-state index contributed by atoms with van der Waals surface area (Å²) in [5, 5.41) is 1.20. The van der Waals surface area contributed by atoms with E-state index in [0.717, 1.165) is 48.4 Å². The van der Waals surface area contributed by atoms with Crippen molar-refractivity contribution in [2.75, 3.05) is 53.7 Å². The Morgan fingerprint density at radius 3 is 2.61 bits per heavy atom. The number of ether oxygens (including phenoxy) is 4. The van der Waals surface area contributed by atoms with Crippen molar-refractivity contribution < 1.29 is 23.7 Å². The summed E-state index contributed by atoms with van der Waals surface area (Å²) in [7, 11) is 3.39. The minimum atomic E-state index is -0.0581. The van der Waals surface area contributed by atoms with E-state index in [1.54, 1.807) is 14.2 Å². The number of nitrogens with one attached hydrogen (secondary N) is 1. The van der Waals surface area contributed by atoms with Crippen LogP contribution < -0.4 is 14.2 Å². The SMILES string of the molecule is CCOc1cc2c(cc1OC)CCN(C(=O)N1CCOCC1)C2CC1(c2c[nH]c3ccc(OC)cc23)CC1. The molecule has 1 saturated heterocycles. The van der Waals surface area contributed by atoms with Crippen LogP contribution in [0, 0.1) is 0 Å². The number of rotatable bonds is 7. The van der Waals surface area contributed by atoms with E-state index in [2.05, 4.69) is 40.3 Å². The number of benzene rings is 2. The minimum Gasteiger partial charge on any atom is -0.497 e. The van der Waals surface area contributed by atoms with E-state index in [1.807, 2.05) is 17.9 Å². The molecule has 2 amide bonds. The normalized spacial score (nSPS) is 20.2. The molecule has 1 saturated carbocycles. The molecular weight excluding hydrogens is 482 g/mol. The van der Waals surface area contributed by atoms with E-state index in [4.69, 9.17) is 18.9 Å². The Morgan fingerprint density at radius 2 is 1.89 bits per heavy atom. The summed E-state index contributed by atoms with van der Waals surface area (Å²) >= 11 is 0. The molecule has 38 heavy (non-hydrogen) atoms. The van der Waals surface area contributed by atoms with Crippen molar-refractivity contribution in [1.29, 1.82) is 0 Å². The quantitative estimate of drug-likeness (QED) is 0.472. The number of nitrogens with zero attached hydrogens (tertiary/aromatic N) is 2. The van der Waals surface area contributed by atoms with E-state index in [0.29, 0.717) is 39.5 Å². The average Bonchev–Trinajstić information content (AvgIpc) is 3.61. The van der Waals surface area contributed by atoms with Gasteiger partial charge in [0, 0.05) is 36.7 Å². The van der Waals surface area contributed by atoms with E-state index >= 15 is 0 Å². The van der Waals surface area contributed by atoms with Crippen LogP contribution in [0.2, 0.25) is 0 Å². The molecule has 0 radical (unpaired) electrons. The van der Waals surface area contributed by atoms with Gasteiger partial charge in [0.2, 0.25) is 0 Å². The predicted octanol–water partition coefficient (Wildman–Crippen LogP) is 5.06. The lowest BCUT2D eigenvalue weighted by Gasteiger charge is -2.42. The maximum Gasteiger partial charge on any atom is 0.320 e. The van der Waals surface area contributed by atoms with Crippen LogP contribution in [0.3, 0.4) is 0 Å². The molecule has 6 rings (SSSR count). The van der Waals surface area contributed by atoms with Gasteiger partial charge in [0.05, 0.1) is 40.1 Å². The third kappa shape index (κ3) is 4.34. The number of urea groups is 1. The maximum atomic E-state index is 13.9. The Balaban J connectivity index is 1.41. The van der Waals surface area contributed by atoms with Gasteiger partial charge < -0.3 is 33.7 Å². The number of carbonyl (C=O) groups excluding carboxylic acids is 1. The van der Waals surface area contributed by atoms with Gasteiger partial charge in [-0.05, 0) is 85.0 Å². The highest BCUT2D eigenvalue weighted by atomic mass is 16.5. The van der Waals surface area contributed by atoms with Gasteiger partial charge in [0.1, 0.15) is 5.75 Å². The second kappa shape index (κ2) is 10.1. The van der Waals surface area contributed by atoms with E-state index in [1.165, 1.54) is 22.1 Å². The first-order chi connectivity index (χ1) is 18.6. The van der Waals surface area contributed by atoms with Crippen molar-refractivity contribution in [3.63, 3.8) is 0 Å². The highest BCUT2D eigenvalue weighted by Crippen LogP contribution is 2.57. The fraction of sp³-hybridized carbons (Fsp3) is 0.500. The summed E-state index contributed by atoms with van der Waals surface area (Å²) in [5.74, 6) is 2.35. The number of hydrogen-bond acceptors (Lipinski definition) is 5. The Kier molecular flexibility index (Phi) is 6.60. The summed E-state index contributed by atoms with van der Waals surface area (Å²) in [6.45, 7) is 5.67. The topological polar surface area (TPSA) is 76.3 Å². The number of H-pyrrole nitrogens is 1. The molecule has 2 aliphatic heterocycles. The summed E-state index contributed by atoms with van der Waals surface area (Å²) in [6, 6.07) is 10.5. The molecule has 1 aromatic heterocycles. The Hall–Kier alpha value is -3.39. The molecule has 1 atom stereocenters. The van der Waals surface area contributed by atoms with Gasteiger partial charge in [-0.3, -0.25) is 0 Å². The summed E-state index contributed by atoms with van der Waals surface area (Å²) in [6.07, 6.45) is 6.00. The summed E-state index contributed by atoms with van der Waals surface area (Å²) in [4.78, 5) is 21.4. The Morgan fingerprint density at radius 1 is 1.08 bits per heavy atom. The molecule has 3 heterocycles. The number of amides is 2. The lowest BCUT2D eigenvalue weighted by atomic mass is 9.82. The molecule has 0 spiro atoms. The zero-order valence-corrected chi connectivity index (χ0v) is 22.5. The van der Waals surface area contributed by atoms with Crippen LogP contribution in [0.15, 0.2) is 36.5 Å². The first-order valence-corrected chi connectivity index (χ1v) is 13.7. The van der Waals surface area contributed by atoms with Gasteiger partial charge in [-0.2, -0.15) is 0 Å². The molecule has 0 bridgehead atoms. The predicted molar refractivity (Wildman–Crippen MR) is 145 cm³/mol. The van der Waals surface area contributed by atoms with Crippen LogP contribution in [0.5, 0.6) is 17.2 Å². The highest BCUT2D eigenvalue weighted by molar-refractivity contribution is 5.86. The molecule has 3 aliphatic rings. The molecule has 1 unspecified atom stereocenters. The van der Waals surface area contributed by atoms with E-state index < -0.39 is 0 Å². The Labute approximate surface area is 223 Å². The van der Waals surface area contributed by atoms with Gasteiger partial charge in [-0.15, -0.1) is 0 Å². The van der Waals surface area contributed by atoms with Crippen LogP contribution in [0.25, 0.3) is 10.9 Å². The van der Waals surface area contributed by atoms with Gasteiger partial charge in [0.15, 0.2) is 11.5 Å². The van der Waals surface area contributed by atoms with Crippen LogP contribution in [-0.4, -0.2) is 74.5 Å². The first-order valence-electron chi connectivity index (χ1n) is 13.7. The van der Waals surface area contributed by atoms with Gasteiger partial charge in [-0.1, -0.05) is 0 Å². The number of aromatic nitrogens is 1. The second-order valence-corrected chi connectivity index (χ2v) is 10.6. The second-order valence-electron chi connectivity index (χ2n) is 10.6. The fourth-order valence-corrected chi connectivity index (χ4v) is 6.29. The van der Waals surface area contributed by atoms with Gasteiger partial charge >= 0.3 is 6.03 Å². The largest absolute Gasteiger partial charge is 0.497 e. The first kappa shape index (κ1) is 24.9. The molecule has 1 aliphatic carbocycles. The van der Waals surface area contributed by atoms with Crippen LogP contribution in [0.4, 0.5) is 4.79 Å². The van der Waals surface area contributed by atoms with Crippen molar-refractivity contribution in [1.82, 2.24) is 14.8 Å². The zero-order chi connectivity index (χ0) is 26.3. The van der Waals surface area contributed by atoms with Crippen LogP contribution >= 0.6 is 0 Å². The number of morpholine rings is 1. The molecule has 202 valence electrons. The number of hydrogen-bond donors (Lipinski definition) is 1. The molecule has 8 nitrogen and oxygen atoms in total. The Bertz CT molecular complexity index is 1320. The minimum absolute atomic E-state index is 0.000858. The zero-order valence-electron chi connectivity index (χ0n) is 22.5. The standard InChI is InChI=1S/C30H37N3O5/c1-4-38-28-17-22-20(15-27(28)36-3)7-10-33(29(34)32-11-13-37-14-12-32)26(22)18-30(8-9-30)24-19-31-25-6-5-21(35-2)16-23(24)25/h5-6,15-17,19,26,31H,4,7-14,18H2,1-3H3. The molecule has 3 aromatic rings. The number of methoxy groups -OCH3 is 2. The van der Waals surface area contributed by atoms with E-state index in [-0.39, 0.29) is 17.5 Å². The third-order valence-electron chi connectivity index (χ3n) is 8.51. The smallest absolute Gasteiger partial charge is 0.320 e. The summed E-state index contributed by atoms with van der Waals surface area (Å²) < 4.78 is 22.7. The average molecular weight is 520 g/mol. The van der Waals surface area contributed by atoms with Crippen LogP contribution in [-0.2, 0) is 16.6 Å². The van der Waals surface area contributed by atoms with Crippen molar-refractivity contribution in [2.24, 2.45) is 0 Å². The van der Waals surface area contributed by atoms with Crippen molar-refractivity contribution in [3.8, 4) is 17.2 Å². The number of aromatic amines is 1. The van der Waals surface area contributed by atoms with Gasteiger partial charge in [-0.25, -0.2) is 4.79 Å². The molecule has 2 aromatic carbocycles. The van der Waals surface area contributed by atoms with Crippen LogP contribution in [0.1, 0.15) is 48.9 Å².